The number of ether oxygens (including phenoxy) is 1. The van der Waals surface area contributed by atoms with Gasteiger partial charge in [0.25, 0.3) is 0 Å². The summed E-state index contributed by atoms with van der Waals surface area (Å²) in [5.41, 5.74) is 2.72. The van der Waals surface area contributed by atoms with Crippen molar-refractivity contribution in [3.63, 3.8) is 0 Å². The van der Waals surface area contributed by atoms with E-state index >= 15 is 0 Å². The molecule has 0 saturated heterocycles. The van der Waals surface area contributed by atoms with Gasteiger partial charge in [0.05, 0.1) is 18.4 Å². The predicted molar refractivity (Wildman–Crippen MR) is 99.2 cm³/mol. The zero-order valence-corrected chi connectivity index (χ0v) is 15.2. The number of Topliss-reactive ketones (excluding diaryl/α,β-unsaturated/α-hetero) is 1. The Kier molecular flexibility index (Phi) is 5.19. The molecule has 2 aromatic carbocycles. The molecule has 3 aromatic rings. The van der Waals surface area contributed by atoms with E-state index in [-0.39, 0.29) is 5.78 Å². The molecule has 0 unspecified atom stereocenters. The minimum atomic E-state index is 0.0758. The van der Waals surface area contributed by atoms with Crippen molar-refractivity contribution < 1.29 is 9.53 Å². The first-order valence-corrected chi connectivity index (χ1v) is 8.84. The molecule has 0 aliphatic carbocycles. The number of hydrogen-bond acceptors (Lipinski definition) is 5. The van der Waals surface area contributed by atoms with Crippen molar-refractivity contribution in [3.8, 4) is 17.1 Å². The number of aromatic nitrogens is 3. The number of nitrogens with zero attached hydrogens (tertiary/aromatic N) is 3. The average Bonchev–Trinajstić information content (AvgIpc) is 3.00. The molecule has 0 aliphatic rings. The number of methoxy groups -OCH3 is 1. The topological polar surface area (TPSA) is 57.0 Å². The highest BCUT2D eigenvalue weighted by Gasteiger charge is 2.16. The monoisotopic (exact) mass is 353 g/mol. The van der Waals surface area contributed by atoms with Gasteiger partial charge in [0.15, 0.2) is 16.8 Å². The lowest BCUT2D eigenvalue weighted by Crippen LogP contribution is -2.04. The van der Waals surface area contributed by atoms with Crippen LogP contribution in [0.2, 0.25) is 0 Å². The van der Waals surface area contributed by atoms with Crippen LogP contribution in [0.1, 0.15) is 15.9 Å². The van der Waals surface area contributed by atoms with Gasteiger partial charge in [-0.2, -0.15) is 0 Å². The second kappa shape index (κ2) is 7.53. The first kappa shape index (κ1) is 17.2. The van der Waals surface area contributed by atoms with E-state index in [9.17, 15) is 4.79 Å². The van der Waals surface area contributed by atoms with Gasteiger partial charge in [-0.15, -0.1) is 10.2 Å². The van der Waals surface area contributed by atoms with Crippen molar-refractivity contribution in [2.24, 2.45) is 7.05 Å². The lowest BCUT2D eigenvalue weighted by atomic mass is 10.1. The van der Waals surface area contributed by atoms with Crippen LogP contribution in [0.5, 0.6) is 5.75 Å². The third kappa shape index (κ3) is 3.74. The van der Waals surface area contributed by atoms with E-state index in [1.54, 1.807) is 7.11 Å². The standard InChI is InChI=1S/C19H19N3O2S/c1-13-8-10-14(11-9-13)16(23)12-25-19-21-20-18(22(19)2)15-6-4-5-7-17(15)24-3/h4-11H,12H2,1-3H3. The summed E-state index contributed by atoms with van der Waals surface area (Å²) in [6, 6.07) is 15.3. The number of rotatable bonds is 6. The van der Waals surface area contributed by atoms with Gasteiger partial charge >= 0.3 is 0 Å². The quantitative estimate of drug-likeness (QED) is 0.499. The van der Waals surface area contributed by atoms with Crippen molar-refractivity contribution in [2.45, 2.75) is 12.1 Å². The van der Waals surface area contributed by atoms with Gasteiger partial charge < -0.3 is 9.30 Å². The maximum Gasteiger partial charge on any atom is 0.191 e. The van der Waals surface area contributed by atoms with Gasteiger partial charge in [0, 0.05) is 12.6 Å². The van der Waals surface area contributed by atoms with Crippen LogP contribution in [-0.4, -0.2) is 33.4 Å². The molecule has 6 heteroatoms. The highest BCUT2D eigenvalue weighted by molar-refractivity contribution is 7.99. The summed E-state index contributed by atoms with van der Waals surface area (Å²) in [7, 11) is 3.52. The van der Waals surface area contributed by atoms with Crippen molar-refractivity contribution in [2.75, 3.05) is 12.9 Å². The summed E-state index contributed by atoms with van der Waals surface area (Å²) in [6.45, 7) is 2.00. The van der Waals surface area contributed by atoms with Crippen LogP contribution in [0, 0.1) is 6.92 Å². The first-order valence-electron chi connectivity index (χ1n) is 7.85. The first-order chi connectivity index (χ1) is 12.1. The van der Waals surface area contributed by atoms with Crippen molar-refractivity contribution in [3.05, 3.63) is 59.7 Å². The van der Waals surface area contributed by atoms with E-state index in [2.05, 4.69) is 10.2 Å². The Balaban J connectivity index is 1.75. The summed E-state index contributed by atoms with van der Waals surface area (Å²) in [4.78, 5) is 12.3. The minimum Gasteiger partial charge on any atom is -0.496 e. The third-order valence-electron chi connectivity index (χ3n) is 3.89. The smallest absolute Gasteiger partial charge is 0.191 e. The minimum absolute atomic E-state index is 0.0758. The number of thioether (sulfide) groups is 1. The maximum absolute atomic E-state index is 12.3. The lowest BCUT2D eigenvalue weighted by Gasteiger charge is -2.08. The number of aryl methyl sites for hydroxylation is 1. The van der Waals surface area contributed by atoms with E-state index in [1.807, 2.05) is 67.1 Å². The SMILES string of the molecule is COc1ccccc1-c1nnc(SCC(=O)c2ccc(C)cc2)n1C. The van der Waals surface area contributed by atoms with Crippen molar-refractivity contribution in [1.29, 1.82) is 0 Å². The zero-order chi connectivity index (χ0) is 17.8. The molecule has 0 N–H and O–H groups in total. The maximum atomic E-state index is 12.3. The second-order valence-electron chi connectivity index (χ2n) is 5.64. The highest BCUT2D eigenvalue weighted by Crippen LogP contribution is 2.30. The average molecular weight is 353 g/mol. The van der Waals surface area contributed by atoms with Gasteiger partial charge in [-0.3, -0.25) is 4.79 Å². The van der Waals surface area contributed by atoms with Crippen LogP contribution < -0.4 is 4.74 Å². The molecule has 0 radical (unpaired) electrons. The second-order valence-corrected chi connectivity index (χ2v) is 6.59. The normalized spacial score (nSPS) is 10.7. The summed E-state index contributed by atoms with van der Waals surface area (Å²) in [5, 5.41) is 9.17. The number of para-hydroxylation sites is 1. The highest BCUT2D eigenvalue weighted by atomic mass is 32.2. The van der Waals surface area contributed by atoms with Gasteiger partial charge in [-0.25, -0.2) is 0 Å². The molecule has 0 saturated carbocycles. The van der Waals surface area contributed by atoms with Crippen molar-refractivity contribution in [1.82, 2.24) is 14.8 Å². The van der Waals surface area contributed by atoms with Gasteiger partial charge in [-0.05, 0) is 19.1 Å². The van der Waals surface area contributed by atoms with Gasteiger partial charge in [0.1, 0.15) is 5.75 Å². The number of carbonyl (C=O) groups excluding carboxylic acids is 1. The van der Waals surface area contributed by atoms with Gasteiger partial charge in [-0.1, -0.05) is 53.7 Å². The number of carbonyl (C=O) groups is 1. The number of benzene rings is 2. The Labute approximate surface area is 151 Å². The van der Waals surface area contributed by atoms with Crippen LogP contribution in [0.3, 0.4) is 0 Å². The Morgan fingerprint density at radius 1 is 1.12 bits per heavy atom. The molecule has 1 heterocycles. The molecule has 0 fully saturated rings. The molecule has 25 heavy (non-hydrogen) atoms. The molecule has 0 spiro atoms. The molecule has 1 aromatic heterocycles. The van der Waals surface area contributed by atoms with E-state index in [4.69, 9.17) is 4.74 Å². The van der Waals surface area contributed by atoms with E-state index in [0.717, 1.165) is 16.9 Å². The largest absolute Gasteiger partial charge is 0.496 e. The Morgan fingerprint density at radius 2 is 1.84 bits per heavy atom. The molecular formula is C19H19N3O2S. The summed E-state index contributed by atoms with van der Waals surface area (Å²) < 4.78 is 7.27. The summed E-state index contributed by atoms with van der Waals surface area (Å²) in [5.74, 6) is 1.85. The Hall–Kier alpha value is -2.60. The molecular weight excluding hydrogens is 334 g/mol. The van der Waals surface area contributed by atoms with Crippen molar-refractivity contribution >= 4 is 17.5 Å². The fourth-order valence-corrected chi connectivity index (χ4v) is 3.26. The molecule has 3 rings (SSSR count). The van der Waals surface area contributed by atoms with E-state index in [1.165, 1.54) is 11.8 Å². The van der Waals surface area contributed by atoms with Crippen LogP contribution in [0.4, 0.5) is 0 Å². The third-order valence-corrected chi connectivity index (χ3v) is 4.91. The predicted octanol–water partition coefficient (Wildman–Crippen LogP) is 3.77. The molecule has 0 bridgehead atoms. The Bertz CT molecular complexity index is 888. The molecule has 0 amide bonds. The zero-order valence-electron chi connectivity index (χ0n) is 14.4. The molecule has 128 valence electrons. The lowest BCUT2D eigenvalue weighted by molar-refractivity contribution is 0.102. The number of ketones is 1. The Morgan fingerprint density at radius 3 is 2.56 bits per heavy atom. The van der Waals surface area contributed by atoms with Crippen LogP contribution >= 0.6 is 11.8 Å². The molecule has 0 aliphatic heterocycles. The molecule has 0 atom stereocenters. The summed E-state index contributed by atoms with van der Waals surface area (Å²) in [6.07, 6.45) is 0. The fraction of sp³-hybridized carbons (Fsp3) is 0.211. The fourth-order valence-electron chi connectivity index (χ4n) is 2.46. The summed E-state index contributed by atoms with van der Waals surface area (Å²) >= 11 is 1.38. The van der Waals surface area contributed by atoms with Crippen LogP contribution in [-0.2, 0) is 7.05 Å². The van der Waals surface area contributed by atoms with E-state index in [0.29, 0.717) is 22.3 Å². The van der Waals surface area contributed by atoms with Crippen LogP contribution in [0.25, 0.3) is 11.4 Å². The number of hydrogen-bond donors (Lipinski definition) is 0. The van der Waals surface area contributed by atoms with Crippen LogP contribution in [0.15, 0.2) is 53.7 Å². The molecule has 5 nitrogen and oxygen atoms in total. The van der Waals surface area contributed by atoms with E-state index < -0.39 is 0 Å². The van der Waals surface area contributed by atoms with Gasteiger partial charge in [0.2, 0.25) is 0 Å².